The second-order valence-corrected chi connectivity index (χ2v) is 7.65. The van der Waals surface area contributed by atoms with Gasteiger partial charge in [0.15, 0.2) is 0 Å². The van der Waals surface area contributed by atoms with E-state index in [0.717, 1.165) is 6.42 Å². The van der Waals surface area contributed by atoms with E-state index in [0.29, 0.717) is 34.9 Å². The molecule has 1 aliphatic heterocycles. The average Bonchev–Trinajstić information content (AvgIpc) is 3.00. The molecule has 0 bridgehead atoms. The van der Waals surface area contributed by atoms with E-state index < -0.39 is 10.0 Å². The zero-order chi connectivity index (χ0) is 18.0. The predicted octanol–water partition coefficient (Wildman–Crippen LogP) is 3.14. The molecule has 1 heterocycles. The summed E-state index contributed by atoms with van der Waals surface area (Å²) in [5.74, 6) is 0.00723. The van der Waals surface area contributed by atoms with Gasteiger partial charge in [0.25, 0.3) is 10.0 Å². The van der Waals surface area contributed by atoms with Crippen LogP contribution < -0.4 is 9.62 Å². The second-order valence-electron chi connectivity index (χ2n) is 5.56. The maximum absolute atomic E-state index is 12.4. The van der Waals surface area contributed by atoms with E-state index in [2.05, 4.69) is 4.72 Å². The topological polar surface area (TPSA) is 90.3 Å². The van der Waals surface area contributed by atoms with Gasteiger partial charge in [0.05, 0.1) is 32.9 Å². The van der Waals surface area contributed by atoms with Crippen molar-refractivity contribution in [3.8, 4) is 6.07 Å². The van der Waals surface area contributed by atoms with Crippen molar-refractivity contribution in [2.24, 2.45) is 0 Å². The van der Waals surface area contributed by atoms with E-state index in [9.17, 15) is 13.2 Å². The fraction of sp³-hybridized carbons (Fsp3) is 0.176. The van der Waals surface area contributed by atoms with Crippen LogP contribution in [-0.2, 0) is 14.8 Å². The third-order valence-electron chi connectivity index (χ3n) is 3.86. The average molecular weight is 376 g/mol. The molecule has 0 unspecified atom stereocenters. The molecule has 2 aromatic carbocycles. The number of hydrogen-bond donors (Lipinski definition) is 1. The molecule has 0 aromatic heterocycles. The summed E-state index contributed by atoms with van der Waals surface area (Å²) in [6.45, 7) is 0.606. The summed E-state index contributed by atoms with van der Waals surface area (Å²) in [4.78, 5) is 13.5. The summed E-state index contributed by atoms with van der Waals surface area (Å²) < 4.78 is 27.3. The lowest BCUT2D eigenvalue weighted by Gasteiger charge is -2.18. The Balaban J connectivity index is 1.83. The molecule has 128 valence electrons. The summed E-state index contributed by atoms with van der Waals surface area (Å²) in [6, 6.07) is 12.2. The van der Waals surface area contributed by atoms with E-state index in [1.165, 1.54) is 30.3 Å². The zero-order valence-corrected chi connectivity index (χ0v) is 14.6. The lowest BCUT2D eigenvalue weighted by molar-refractivity contribution is -0.117. The summed E-state index contributed by atoms with van der Waals surface area (Å²) >= 11 is 6.22. The van der Waals surface area contributed by atoms with Crippen LogP contribution in [-0.4, -0.2) is 20.9 Å². The number of nitriles is 1. The van der Waals surface area contributed by atoms with Gasteiger partial charge < -0.3 is 4.90 Å². The SMILES string of the molecule is N#Cc1ccc(S(=O)(=O)Nc2ccc(N3CCCC3=O)c(Cl)c2)cc1. The van der Waals surface area contributed by atoms with Crippen LogP contribution in [0.5, 0.6) is 0 Å². The molecule has 1 aliphatic rings. The van der Waals surface area contributed by atoms with Crippen molar-refractivity contribution in [2.75, 3.05) is 16.2 Å². The number of nitrogens with one attached hydrogen (secondary N) is 1. The van der Waals surface area contributed by atoms with Crippen LogP contribution in [0.2, 0.25) is 5.02 Å². The Kier molecular flexibility index (Phi) is 4.66. The fourth-order valence-corrected chi connectivity index (χ4v) is 3.95. The van der Waals surface area contributed by atoms with E-state index in [-0.39, 0.29) is 10.8 Å². The molecular weight excluding hydrogens is 362 g/mol. The lowest BCUT2D eigenvalue weighted by Crippen LogP contribution is -2.24. The van der Waals surface area contributed by atoms with Gasteiger partial charge in [-0.1, -0.05) is 11.6 Å². The predicted molar refractivity (Wildman–Crippen MR) is 95.0 cm³/mol. The minimum Gasteiger partial charge on any atom is -0.311 e. The Morgan fingerprint density at radius 1 is 1.16 bits per heavy atom. The molecule has 0 atom stereocenters. The highest BCUT2D eigenvalue weighted by atomic mass is 35.5. The smallest absolute Gasteiger partial charge is 0.261 e. The van der Waals surface area contributed by atoms with Crippen LogP contribution >= 0.6 is 11.6 Å². The maximum Gasteiger partial charge on any atom is 0.261 e. The lowest BCUT2D eigenvalue weighted by atomic mass is 10.2. The Bertz CT molecular complexity index is 966. The Morgan fingerprint density at radius 2 is 1.88 bits per heavy atom. The number of hydrogen-bond acceptors (Lipinski definition) is 4. The van der Waals surface area contributed by atoms with Crippen molar-refractivity contribution in [1.29, 1.82) is 5.26 Å². The highest BCUT2D eigenvalue weighted by molar-refractivity contribution is 7.92. The van der Waals surface area contributed by atoms with Gasteiger partial charge in [-0.3, -0.25) is 9.52 Å². The number of halogens is 1. The van der Waals surface area contributed by atoms with Gasteiger partial charge in [-0.15, -0.1) is 0 Å². The molecule has 1 saturated heterocycles. The third kappa shape index (κ3) is 3.60. The summed E-state index contributed by atoms with van der Waals surface area (Å²) in [6.07, 6.45) is 1.27. The van der Waals surface area contributed by atoms with E-state index in [1.807, 2.05) is 6.07 Å². The quantitative estimate of drug-likeness (QED) is 0.888. The van der Waals surface area contributed by atoms with Gasteiger partial charge >= 0.3 is 0 Å². The van der Waals surface area contributed by atoms with Crippen molar-refractivity contribution < 1.29 is 13.2 Å². The minimum atomic E-state index is -3.80. The van der Waals surface area contributed by atoms with Gasteiger partial charge in [-0.25, -0.2) is 8.42 Å². The molecule has 25 heavy (non-hydrogen) atoms. The van der Waals surface area contributed by atoms with Gasteiger partial charge in [-0.05, 0) is 48.9 Å². The van der Waals surface area contributed by atoms with Crippen LogP contribution in [0.3, 0.4) is 0 Å². The summed E-state index contributed by atoms with van der Waals surface area (Å²) in [7, 11) is -3.80. The Hall–Kier alpha value is -2.56. The number of carbonyl (C=O) groups is 1. The highest BCUT2D eigenvalue weighted by Gasteiger charge is 2.24. The highest BCUT2D eigenvalue weighted by Crippen LogP contribution is 2.32. The van der Waals surface area contributed by atoms with Gasteiger partial charge in [-0.2, -0.15) is 5.26 Å². The van der Waals surface area contributed by atoms with Crippen molar-refractivity contribution in [3.63, 3.8) is 0 Å². The molecule has 1 amide bonds. The second kappa shape index (κ2) is 6.75. The van der Waals surface area contributed by atoms with Crippen molar-refractivity contribution in [3.05, 3.63) is 53.1 Å². The number of anilines is 2. The first-order valence-corrected chi connectivity index (χ1v) is 9.40. The molecule has 0 radical (unpaired) electrons. The van der Waals surface area contributed by atoms with Crippen LogP contribution in [0, 0.1) is 11.3 Å². The normalized spacial score (nSPS) is 14.4. The standard InChI is InChI=1S/C17H14ClN3O3S/c18-15-10-13(5-8-16(15)21-9-1-2-17(21)22)20-25(23,24)14-6-3-12(11-19)4-7-14/h3-8,10,20H,1-2,9H2. The first-order valence-electron chi connectivity index (χ1n) is 7.53. The van der Waals surface area contributed by atoms with Crippen LogP contribution in [0.1, 0.15) is 18.4 Å². The van der Waals surface area contributed by atoms with Crippen LogP contribution in [0.25, 0.3) is 0 Å². The van der Waals surface area contributed by atoms with E-state index in [4.69, 9.17) is 16.9 Å². The van der Waals surface area contributed by atoms with Crippen molar-refractivity contribution in [1.82, 2.24) is 0 Å². The van der Waals surface area contributed by atoms with Crippen molar-refractivity contribution in [2.45, 2.75) is 17.7 Å². The van der Waals surface area contributed by atoms with Crippen LogP contribution in [0.15, 0.2) is 47.4 Å². The number of benzene rings is 2. The summed E-state index contributed by atoms with van der Waals surface area (Å²) in [5.41, 5.74) is 1.25. The first-order chi connectivity index (χ1) is 11.9. The Labute approximate surface area is 150 Å². The minimum absolute atomic E-state index is 0.00723. The molecule has 2 aromatic rings. The number of sulfonamides is 1. The molecule has 3 rings (SSSR count). The molecular formula is C17H14ClN3O3S. The van der Waals surface area contributed by atoms with Gasteiger partial charge in [0.1, 0.15) is 0 Å². The molecule has 8 heteroatoms. The summed E-state index contributed by atoms with van der Waals surface area (Å²) in [5, 5.41) is 9.08. The molecule has 0 spiro atoms. The number of rotatable bonds is 4. The monoisotopic (exact) mass is 375 g/mol. The van der Waals surface area contributed by atoms with Gasteiger partial charge in [0, 0.05) is 13.0 Å². The fourth-order valence-electron chi connectivity index (χ4n) is 2.61. The van der Waals surface area contributed by atoms with Gasteiger partial charge in [0.2, 0.25) is 5.91 Å². The molecule has 6 nitrogen and oxygen atoms in total. The van der Waals surface area contributed by atoms with E-state index in [1.54, 1.807) is 17.0 Å². The van der Waals surface area contributed by atoms with Crippen LogP contribution in [0.4, 0.5) is 11.4 Å². The van der Waals surface area contributed by atoms with Crippen molar-refractivity contribution >= 4 is 38.9 Å². The largest absolute Gasteiger partial charge is 0.311 e. The maximum atomic E-state index is 12.4. The molecule has 0 aliphatic carbocycles. The number of carbonyl (C=O) groups excluding carboxylic acids is 1. The number of amides is 1. The first kappa shape index (κ1) is 17.3. The molecule has 1 fully saturated rings. The van der Waals surface area contributed by atoms with E-state index >= 15 is 0 Å². The molecule has 1 N–H and O–H groups in total. The zero-order valence-electron chi connectivity index (χ0n) is 13.1. The molecule has 0 saturated carbocycles. The number of nitrogens with zero attached hydrogens (tertiary/aromatic N) is 2. The Morgan fingerprint density at radius 3 is 2.44 bits per heavy atom. The third-order valence-corrected chi connectivity index (χ3v) is 5.56.